The smallest absolute Gasteiger partial charge is 0.274 e. The van der Waals surface area contributed by atoms with Gasteiger partial charge in [-0.1, -0.05) is 35.5 Å². The van der Waals surface area contributed by atoms with Crippen molar-refractivity contribution in [2.75, 3.05) is 7.11 Å². The van der Waals surface area contributed by atoms with Crippen molar-refractivity contribution in [1.29, 1.82) is 0 Å². The monoisotopic (exact) mass is 382 g/mol. The molecule has 0 saturated heterocycles. The van der Waals surface area contributed by atoms with E-state index >= 15 is 0 Å². The lowest BCUT2D eigenvalue weighted by Gasteiger charge is -2.24. The quantitative estimate of drug-likeness (QED) is 0.734. The predicted octanol–water partition coefficient (Wildman–Crippen LogP) is 2.63. The van der Waals surface area contributed by atoms with Gasteiger partial charge >= 0.3 is 0 Å². The third-order valence-corrected chi connectivity index (χ3v) is 4.70. The number of hydrogen-bond donors (Lipinski definition) is 1. The van der Waals surface area contributed by atoms with E-state index in [1.54, 1.807) is 30.0 Å². The average Bonchev–Trinajstić information content (AvgIpc) is 3.16. The van der Waals surface area contributed by atoms with Gasteiger partial charge < -0.3 is 14.8 Å². The summed E-state index contributed by atoms with van der Waals surface area (Å²) in [6.07, 6.45) is -0.186. The molecule has 0 unspecified atom stereocenters. The predicted molar refractivity (Wildman–Crippen MR) is 98.1 cm³/mol. The van der Waals surface area contributed by atoms with Gasteiger partial charge in [0.05, 0.1) is 26.0 Å². The first-order valence-corrected chi connectivity index (χ1v) is 8.85. The van der Waals surface area contributed by atoms with Crippen molar-refractivity contribution >= 4 is 5.91 Å². The number of halogens is 1. The van der Waals surface area contributed by atoms with Gasteiger partial charge in [0.25, 0.3) is 5.91 Å². The van der Waals surface area contributed by atoms with Crippen LogP contribution in [0.2, 0.25) is 0 Å². The van der Waals surface area contributed by atoms with Gasteiger partial charge in [0, 0.05) is 12.1 Å². The van der Waals surface area contributed by atoms with Gasteiger partial charge in [-0.2, -0.15) is 0 Å². The summed E-state index contributed by atoms with van der Waals surface area (Å²) >= 11 is 0. The standard InChI is InChI=1S/C20H19FN4O3/c1-27-15-8-6-13(7-9-15)18-11-25-17(12-28-18)19(23-24-25)20(26)22-10-14-4-2-3-5-16(14)21/h2-9,18H,10-12H2,1H3,(H,22,26)/t18-/m0/s1. The normalized spacial score (nSPS) is 15.7. The van der Waals surface area contributed by atoms with Gasteiger partial charge in [0.15, 0.2) is 5.69 Å². The Morgan fingerprint density at radius 1 is 1.29 bits per heavy atom. The van der Waals surface area contributed by atoms with Crippen molar-refractivity contribution in [2.45, 2.75) is 25.8 Å². The fourth-order valence-electron chi connectivity index (χ4n) is 3.11. The van der Waals surface area contributed by atoms with Crippen molar-refractivity contribution in [2.24, 2.45) is 0 Å². The summed E-state index contributed by atoms with van der Waals surface area (Å²) in [6, 6.07) is 13.9. The molecule has 28 heavy (non-hydrogen) atoms. The minimum Gasteiger partial charge on any atom is -0.497 e. The van der Waals surface area contributed by atoms with Crippen LogP contribution in [0, 0.1) is 5.82 Å². The molecule has 2 heterocycles. The Labute approximate surface area is 161 Å². The number of hydrogen-bond acceptors (Lipinski definition) is 5. The lowest BCUT2D eigenvalue weighted by molar-refractivity contribution is -0.00179. The zero-order valence-electron chi connectivity index (χ0n) is 15.3. The first-order chi connectivity index (χ1) is 13.7. The van der Waals surface area contributed by atoms with Gasteiger partial charge in [-0.25, -0.2) is 9.07 Å². The summed E-state index contributed by atoms with van der Waals surface area (Å²) in [5.41, 5.74) is 2.21. The number of amides is 1. The van der Waals surface area contributed by atoms with E-state index in [9.17, 15) is 9.18 Å². The van der Waals surface area contributed by atoms with Crippen LogP contribution in [-0.2, 0) is 24.4 Å². The molecule has 1 aliphatic rings. The average molecular weight is 382 g/mol. The summed E-state index contributed by atoms with van der Waals surface area (Å²) in [6.45, 7) is 0.745. The number of aromatic nitrogens is 3. The zero-order valence-corrected chi connectivity index (χ0v) is 15.3. The lowest BCUT2D eigenvalue weighted by atomic mass is 10.1. The molecule has 8 heteroatoms. The molecule has 4 rings (SSSR count). The molecule has 144 valence electrons. The Morgan fingerprint density at radius 3 is 2.82 bits per heavy atom. The summed E-state index contributed by atoms with van der Waals surface area (Å²) in [5.74, 6) is 0.00396. The molecule has 0 radical (unpaired) electrons. The van der Waals surface area contributed by atoms with Gasteiger partial charge in [-0.15, -0.1) is 5.10 Å². The lowest BCUT2D eigenvalue weighted by Crippen LogP contribution is -2.27. The van der Waals surface area contributed by atoms with Crippen LogP contribution < -0.4 is 10.1 Å². The van der Waals surface area contributed by atoms with Crippen LogP contribution in [0.3, 0.4) is 0 Å². The zero-order chi connectivity index (χ0) is 19.5. The second-order valence-electron chi connectivity index (χ2n) is 6.41. The Kier molecular flexibility index (Phi) is 5.03. The molecule has 1 aliphatic heterocycles. The van der Waals surface area contributed by atoms with Crippen molar-refractivity contribution in [3.05, 3.63) is 76.9 Å². The molecule has 0 saturated carbocycles. The van der Waals surface area contributed by atoms with Gasteiger partial charge in [0.1, 0.15) is 17.7 Å². The van der Waals surface area contributed by atoms with Crippen LogP contribution >= 0.6 is 0 Å². The second-order valence-corrected chi connectivity index (χ2v) is 6.41. The number of nitrogens with zero attached hydrogens (tertiary/aromatic N) is 3. The van der Waals surface area contributed by atoms with Crippen molar-refractivity contribution in [3.63, 3.8) is 0 Å². The van der Waals surface area contributed by atoms with Gasteiger partial charge in [-0.05, 0) is 23.8 Å². The first-order valence-electron chi connectivity index (χ1n) is 8.85. The third kappa shape index (κ3) is 3.59. The minimum absolute atomic E-state index is 0.0765. The molecule has 7 nitrogen and oxygen atoms in total. The van der Waals surface area contributed by atoms with E-state index in [0.717, 1.165) is 11.3 Å². The van der Waals surface area contributed by atoms with E-state index < -0.39 is 5.91 Å². The molecule has 1 amide bonds. The number of carbonyl (C=O) groups excluding carboxylic acids is 1. The summed E-state index contributed by atoms with van der Waals surface area (Å²) in [7, 11) is 1.62. The molecule has 3 aromatic rings. The molecule has 1 aromatic heterocycles. The Morgan fingerprint density at radius 2 is 2.07 bits per heavy atom. The second kappa shape index (κ2) is 7.77. The number of nitrogens with one attached hydrogen (secondary N) is 1. The highest BCUT2D eigenvalue weighted by Gasteiger charge is 2.27. The maximum atomic E-state index is 13.7. The SMILES string of the molecule is COc1ccc([C@@H]2Cn3nnc(C(=O)NCc4ccccc4F)c3CO2)cc1. The van der Waals surface area contributed by atoms with Crippen LogP contribution in [0.25, 0.3) is 0 Å². The van der Waals surface area contributed by atoms with Crippen molar-refractivity contribution in [3.8, 4) is 5.75 Å². The van der Waals surface area contributed by atoms with E-state index in [1.165, 1.54) is 6.07 Å². The van der Waals surface area contributed by atoms with E-state index in [4.69, 9.17) is 9.47 Å². The van der Waals surface area contributed by atoms with E-state index in [1.807, 2.05) is 24.3 Å². The van der Waals surface area contributed by atoms with Crippen molar-refractivity contribution in [1.82, 2.24) is 20.3 Å². The molecule has 0 aliphatic carbocycles. The topological polar surface area (TPSA) is 78.3 Å². The van der Waals surface area contributed by atoms with Crippen LogP contribution in [0.5, 0.6) is 5.75 Å². The fraction of sp³-hybridized carbons (Fsp3) is 0.250. The van der Waals surface area contributed by atoms with Crippen LogP contribution in [0.1, 0.15) is 33.4 Å². The highest BCUT2D eigenvalue weighted by atomic mass is 19.1. The minimum atomic E-state index is -0.406. The maximum Gasteiger partial charge on any atom is 0.274 e. The Bertz CT molecular complexity index is 987. The first kappa shape index (κ1) is 18.1. The fourth-order valence-corrected chi connectivity index (χ4v) is 3.11. The molecule has 0 spiro atoms. The number of benzene rings is 2. The van der Waals surface area contributed by atoms with Crippen LogP contribution in [0.15, 0.2) is 48.5 Å². The highest BCUT2D eigenvalue weighted by molar-refractivity contribution is 5.93. The highest BCUT2D eigenvalue weighted by Crippen LogP contribution is 2.28. The molecular formula is C20H19FN4O3. The van der Waals surface area contributed by atoms with Gasteiger partial charge in [-0.3, -0.25) is 4.79 Å². The van der Waals surface area contributed by atoms with E-state index in [0.29, 0.717) is 17.8 Å². The number of ether oxygens (including phenoxy) is 2. The van der Waals surface area contributed by atoms with Crippen LogP contribution in [0.4, 0.5) is 4.39 Å². The summed E-state index contributed by atoms with van der Waals surface area (Å²) < 4.78 is 26.5. The maximum absolute atomic E-state index is 13.7. The third-order valence-electron chi connectivity index (χ3n) is 4.70. The molecule has 0 fully saturated rings. The summed E-state index contributed by atoms with van der Waals surface area (Å²) in [5, 5.41) is 10.8. The van der Waals surface area contributed by atoms with Gasteiger partial charge in [0.2, 0.25) is 0 Å². The molecule has 2 aromatic carbocycles. The largest absolute Gasteiger partial charge is 0.497 e. The Hall–Kier alpha value is -3.26. The van der Waals surface area contributed by atoms with Crippen molar-refractivity contribution < 1.29 is 18.7 Å². The van der Waals surface area contributed by atoms with E-state index in [-0.39, 0.29) is 30.8 Å². The summed E-state index contributed by atoms with van der Waals surface area (Å²) in [4.78, 5) is 12.5. The molecule has 0 bridgehead atoms. The number of carbonyl (C=O) groups is 1. The molecule has 1 N–H and O–H groups in total. The van der Waals surface area contributed by atoms with E-state index in [2.05, 4.69) is 15.6 Å². The molecule has 1 atom stereocenters. The molecular weight excluding hydrogens is 363 g/mol. The number of methoxy groups -OCH3 is 1. The number of fused-ring (bicyclic) bond motifs is 1. The Balaban J connectivity index is 1.44. The van der Waals surface area contributed by atoms with Crippen LogP contribution in [-0.4, -0.2) is 28.0 Å². The number of rotatable bonds is 5.